The molecule has 0 amide bonds. The summed E-state index contributed by atoms with van der Waals surface area (Å²) in [5.41, 5.74) is 6.59. The van der Waals surface area contributed by atoms with Crippen LogP contribution in [-0.2, 0) is 9.53 Å². The fourth-order valence-electron chi connectivity index (χ4n) is 3.79. The summed E-state index contributed by atoms with van der Waals surface area (Å²) in [6.45, 7) is 10.8. The number of ketones is 1. The number of rotatable bonds is 7. The molecule has 3 rings (SSSR count). The monoisotopic (exact) mass is 400 g/mol. The maximum atomic E-state index is 12.3. The number of nitrogens with two attached hydrogens (primary N) is 1. The summed E-state index contributed by atoms with van der Waals surface area (Å²) in [6, 6.07) is 9.04. The van der Waals surface area contributed by atoms with Crippen molar-refractivity contribution in [3.05, 3.63) is 29.8 Å². The van der Waals surface area contributed by atoms with E-state index in [2.05, 4.69) is 15.9 Å². The molecule has 7 nitrogen and oxygen atoms in total. The first kappa shape index (κ1) is 21.7. The summed E-state index contributed by atoms with van der Waals surface area (Å²) in [5, 5.41) is 8.85. The van der Waals surface area contributed by atoms with Crippen molar-refractivity contribution in [3.8, 4) is 11.8 Å². The Morgan fingerprint density at radius 1 is 1.21 bits per heavy atom. The van der Waals surface area contributed by atoms with Gasteiger partial charge >= 0.3 is 0 Å². The number of carbonyl (C=O) groups is 1. The molecule has 2 aliphatic heterocycles. The quantitative estimate of drug-likeness (QED) is 0.737. The predicted octanol–water partition coefficient (Wildman–Crippen LogP) is 1.26. The molecule has 2 bridgehead atoms. The fourth-order valence-corrected chi connectivity index (χ4v) is 3.79. The number of benzene rings is 1. The van der Waals surface area contributed by atoms with Crippen LogP contribution in [0, 0.1) is 16.7 Å². The SMILES string of the molecule is CC(C)(C)C(=O)CN1CC2CN(C[C@@H](N)COc3ccc(C#N)cc3)CC(C1)O2. The normalized spacial score (nSPS) is 24.0. The van der Waals surface area contributed by atoms with Gasteiger partial charge in [0.15, 0.2) is 5.78 Å². The van der Waals surface area contributed by atoms with Gasteiger partial charge in [0.25, 0.3) is 0 Å². The molecule has 2 fully saturated rings. The Labute approximate surface area is 173 Å². The van der Waals surface area contributed by atoms with Crippen molar-refractivity contribution in [1.82, 2.24) is 9.80 Å². The summed E-state index contributed by atoms with van der Waals surface area (Å²) in [4.78, 5) is 16.9. The zero-order chi connectivity index (χ0) is 21.0. The third-order valence-corrected chi connectivity index (χ3v) is 5.38. The molecule has 7 heteroatoms. The topological polar surface area (TPSA) is 91.8 Å². The molecule has 2 heterocycles. The third kappa shape index (κ3) is 6.25. The summed E-state index contributed by atoms with van der Waals surface area (Å²) in [5.74, 6) is 0.994. The van der Waals surface area contributed by atoms with Gasteiger partial charge < -0.3 is 15.2 Å². The van der Waals surface area contributed by atoms with Gasteiger partial charge in [-0.15, -0.1) is 0 Å². The number of nitrogens with zero attached hydrogens (tertiary/aromatic N) is 3. The third-order valence-electron chi connectivity index (χ3n) is 5.38. The lowest BCUT2D eigenvalue weighted by atomic mass is 9.90. The molecule has 1 aromatic rings. The van der Waals surface area contributed by atoms with E-state index in [1.54, 1.807) is 24.3 Å². The second-order valence-electron chi connectivity index (χ2n) is 9.17. The minimum absolute atomic E-state index is 0.108. The van der Waals surface area contributed by atoms with Gasteiger partial charge in [-0.1, -0.05) is 20.8 Å². The molecule has 2 aliphatic rings. The van der Waals surface area contributed by atoms with Crippen molar-refractivity contribution < 1.29 is 14.3 Å². The Balaban J connectivity index is 1.43. The van der Waals surface area contributed by atoms with Gasteiger partial charge in [-0.2, -0.15) is 5.26 Å². The van der Waals surface area contributed by atoms with Gasteiger partial charge in [-0.3, -0.25) is 14.6 Å². The van der Waals surface area contributed by atoms with E-state index < -0.39 is 0 Å². The van der Waals surface area contributed by atoms with Crippen LogP contribution in [0.4, 0.5) is 0 Å². The molecule has 2 unspecified atom stereocenters. The zero-order valence-electron chi connectivity index (χ0n) is 17.6. The number of hydrogen-bond acceptors (Lipinski definition) is 7. The zero-order valence-corrected chi connectivity index (χ0v) is 17.6. The maximum absolute atomic E-state index is 12.3. The van der Waals surface area contributed by atoms with Gasteiger partial charge in [0.1, 0.15) is 12.4 Å². The molecule has 0 radical (unpaired) electrons. The van der Waals surface area contributed by atoms with E-state index >= 15 is 0 Å². The Kier molecular flexibility index (Phi) is 6.91. The Morgan fingerprint density at radius 2 is 1.79 bits per heavy atom. The average molecular weight is 401 g/mol. The minimum atomic E-state index is -0.304. The highest BCUT2D eigenvalue weighted by Gasteiger charge is 2.36. The summed E-state index contributed by atoms with van der Waals surface area (Å²) in [6.07, 6.45) is 0.226. The van der Waals surface area contributed by atoms with Gasteiger partial charge in [0.05, 0.1) is 36.4 Å². The van der Waals surface area contributed by atoms with Gasteiger partial charge in [-0.05, 0) is 24.3 Å². The molecule has 0 aliphatic carbocycles. The molecule has 0 aromatic heterocycles. The second kappa shape index (κ2) is 9.23. The number of fused-ring (bicyclic) bond motifs is 2. The van der Waals surface area contributed by atoms with Crippen LogP contribution in [0.15, 0.2) is 24.3 Å². The Bertz CT molecular complexity index is 724. The van der Waals surface area contributed by atoms with E-state index in [0.29, 0.717) is 18.7 Å². The van der Waals surface area contributed by atoms with E-state index in [0.717, 1.165) is 38.5 Å². The predicted molar refractivity (Wildman–Crippen MR) is 111 cm³/mol. The molecule has 29 heavy (non-hydrogen) atoms. The highest BCUT2D eigenvalue weighted by atomic mass is 16.5. The van der Waals surface area contributed by atoms with Gasteiger partial charge in [-0.25, -0.2) is 0 Å². The lowest BCUT2D eigenvalue weighted by molar-refractivity contribution is -0.147. The van der Waals surface area contributed by atoms with Crippen LogP contribution in [0.25, 0.3) is 0 Å². The molecule has 2 saturated heterocycles. The number of hydrogen-bond donors (Lipinski definition) is 1. The molecular weight excluding hydrogens is 368 g/mol. The molecular formula is C22H32N4O3. The highest BCUT2D eigenvalue weighted by Crippen LogP contribution is 2.22. The molecule has 0 spiro atoms. The minimum Gasteiger partial charge on any atom is -0.492 e. The molecule has 3 atom stereocenters. The second-order valence-corrected chi connectivity index (χ2v) is 9.17. The first-order chi connectivity index (χ1) is 13.7. The Morgan fingerprint density at radius 3 is 2.34 bits per heavy atom. The molecule has 158 valence electrons. The smallest absolute Gasteiger partial charge is 0.152 e. The van der Waals surface area contributed by atoms with Crippen molar-refractivity contribution in [2.24, 2.45) is 11.1 Å². The number of carbonyl (C=O) groups excluding carboxylic acids is 1. The van der Waals surface area contributed by atoms with Crippen molar-refractivity contribution in [2.45, 2.75) is 39.0 Å². The van der Waals surface area contributed by atoms with Crippen molar-refractivity contribution in [3.63, 3.8) is 0 Å². The van der Waals surface area contributed by atoms with E-state index in [-0.39, 0.29) is 29.4 Å². The van der Waals surface area contributed by atoms with Crippen LogP contribution in [0.3, 0.4) is 0 Å². The van der Waals surface area contributed by atoms with Crippen molar-refractivity contribution >= 4 is 5.78 Å². The maximum Gasteiger partial charge on any atom is 0.152 e. The summed E-state index contributed by atoms with van der Waals surface area (Å²) >= 11 is 0. The average Bonchev–Trinajstić information content (AvgIpc) is 2.65. The van der Waals surface area contributed by atoms with Crippen LogP contribution in [0.1, 0.15) is 26.3 Å². The standard InChI is InChI=1S/C22H32N4O3/c1-22(2,3)21(27)14-26-12-19-10-25(11-20(13-26)29-19)9-17(24)15-28-18-6-4-16(8-23)5-7-18/h4-7,17,19-20H,9-15,24H2,1-3H3/t17-,19?,20?/m1/s1. The fraction of sp³-hybridized carbons (Fsp3) is 0.636. The number of Topliss-reactive ketones (excluding diaryl/α,β-unsaturated/α-hetero) is 1. The number of morpholine rings is 2. The van der Waals surface area contributed by atoms with Crippen molar-refractivity contribution in [2.75, 3.05) is 45.9 Å². The van der Waals surface area contributed by atoms with Gasteiger partial charge in [0, 0.05) is 38.1 Å². The number of nitriles is 1. The van der Waals surface area contributed by atoms with E-state index in [9.17, 15) is 4.79 Å². The summed E-state index contributed by atoms with van der Waals surface area (Å²) < 4.78 is 11.8. The highest BCUT2D eigenvalue weighted by molar-refractivity contribution is 5.85. The Hall–Kier alpha value is -1.98. The molecule has 2 N–H and O–H groups in total. The lowest BCUT2D eigenvalue weighted by Crippen LogP contribution is -2.61. The van der Waals surface area contributed by atoms with E-state index in [1.807, 2.05) is 20.8 Å². The van der Waals surface area contributed by atoms with Crippen LogP contribution in [0.2, 0.25) is 0 Å². The van der Waals surface area contributed by atoms with Crippen LogP contribution < -0.4 is 10.5 Å². The number of ether oxygens (including phenoxy) is 2. The van der Waals surface area contributed by atoms with Crippen LogP contribution in [0.5, 0.6) is 5.75 Å². The van der Waals surface area contributed by atoms with E-state index in [4.69, 9.17) is 20.5 Å². The van der Waals surface area contributed by atoms with Crippen LogP contribution >= 0.6 is 0 Å². The van der Waals surface area contributed by atoms with Gasteiger partial charge in [0.2, 0.25) is 0 Å². The molecule has 1 aromatic carbocycles. The summed E-state index contributed by atoms with van der Waals surface area (Å²) in [7, 11) is 0. The first-order valence-electron chi connectivity index (χ1n) is 10.2. The largest absolute Gasteiger partial charge is 0.492 e. The first-order valence-corrected chi connectivity index (χ1v) is 10.2. The lowest BCUT2D eigenvalue weighted by Gasteiger charge is -2.46. The van der Waals surface area contributed by atoms with Crippen molar-refractivity contribution in [1.29, 1.82) is 5.26 Å². The van der Waals surface area contributed by atoms with Crippen LogP contribution in [-0.4, -0.2) is 79.7 Å². The van der Waals surface area contributed by atoms with E-state index in [1.165, 1.54) is 0 Å². The molecule has 0 saturated carbocycles.